The molecular formula is C14H22N2O. The van der Waals surface area contributed by atoms with Crippen LogP contribution >= 0.6 is 0 Å². The van der Waals surface area contributed by atoms with Crippen molar-refractivity contribution in [1.82, 2.24) is 4.90 Å². The third-order valence-corrected chi connectivity index (χ3v) is 3.53. The van der Waals surface area contributed by atoms with E-state index in [9.17, 15) is 0 Å². The summed E-state index contributed by atoms with van der Waals surface area (Å²) in [5.41, 5.74) is 6.55. The van der Waals surface area contributed by atoms with Crippen molar-refractivity contribution < 1.29 is 4.74 Å². The van der Waals surface area contributed by atoms with Gasteiger partial charge in [-0.2, -0.15) is 0 Å². The first-order valence-corrected chi connectivity index (χ1v) is 6.52. The van der Waals surface area contributed by atoms with Crippen LogP contribution in [0.25, 0.3) is 0 Å². The van der Waals surface area contributed by atoms with Gasteiger partial charge in [0.25, 0.3) is 0 Å². The largest absolute Gasteiger partial charge is 0.490 e. The van der Waals surface area contributed by atoms with Gasteiger partial charge in [-0.05, 0) is 37.9 Å². The molecule has 2 rings (SSSR count). The molecule has 1 saturated heterocycles. The number of para-hydroxylation sites is 2. The molecule has 1 heterocycles. The Morgan fingerprint density at radius 2 is 2.24 bits per heavy atom. The second-order valence-corrected chi connectivity index (χ2v) is 4.63. The number of hydrogen-bond acceptors (Lipinski definition) is 3. The highest BCUT2D eigenvalue weighted by molar-refractivity contribution is 5.51. The van der Waals surface area contributed by atoms with Gasteiger partial charge in [-0.25, -0.2) is 0 Å². The number of nitrogens with two attached hydrogens (primary N) is 1. The molecule has 1 aromatic carbocycles. The summed E-state index contributed by atoms with van der Waals surface area (Å²) in [6, 6.07) is 8.44. The molecule has 3 heteroatoms. The number of anilines is 1. The molecular weight excluding hydrogens is 212 g/mol. The quantitative estimate of drug-likeness (QED) is 0.796. The van der Waals surface area contributed by atoms with Gasteiger partial charge in [-0.15, -0.1) is 0 Å². The molecule has 17 heavy (non-hydrogen) atoms. The van der Waals surface area contributed by atoms with Gasteiger partial charge in [0.2, 0.25) is 0 Å². The Morgan fingerprint density at radius 3 is 3.00 bits per heavy atom. The first-order chi connectivity index (χ1) is 8.31. The van der Waals surface area contributed by atoms with Gasteiger partial charge in [-0.1, -0.05) is 19.1 Å². The molecule has 0 aliphatic carbocycles. The number of benzene rings is 1. The summed E-state index contributed by atoms with van der Waals surface area (Å²) in [5, 5.41) is 0. The van der Waals surface area contributed by atoms with E-state index in [1.165, 1.54) is 25.8 Å². The fourth-order valence-corrected chi connectivity index (χ4v) is 2.54. The molecule has 0 aromatic heterocycles. The molecule has 0 bridgehead atoms. The Balaban J connectivity index is 1.78. The van der Waals surface area contributed by atoms with E-state index in [4.69, 9.17) is 10.5 Å². The van der Waals surface area contributed by atoms with Gasteiger partial charge in [0.15, 0.2) is 0 Å². The number of ether oxygens (including phenoxy) is 1. The Bertz CT molecular complexity index is 354. The normalized spacial score (nSPS) is 20.6. The van der Waals surface area contributed by atoms with E-state index in [-0.39, 0.29) is 0 Å². The Labute approximate surface area is 104 Å². The van der Waals surface area contributed by atoms with Gasteiger partial charge in [-0.3, -0.25) is 4.90 Å². The smallest absolute Gasteiger partial charge is 0.142 e. The maximum atomic E-state index is 5.83. The highest BCUT2D eigenvalue weighted by Crippen LogP contribution is 2.21. The monoisotopic (exact) mass is 234 g/mol. The molecule has 0 amide bonds. The fraction of sp³-hybridized carbons (Fsp3) is 0.571. The van der Waals surface area contributed by atoms with Crippen molar-refractivity contribution in [2.45, 2.75) is 32.2 Å². The number of hydrogen-bond donors (Lipinski definition) is 1. The molecule has 0 spiro atoms. The van der Waals surface area contributed by atoms with Crippen LogP contribution < -0.4 is 10.5 Å². The van der Waals surface area contributed by atoms with Gasteiger partial charge in [0.05, 0.1) is 5.69 Å². The van der Waals surface area contributed by atoms with Crippen molar-refractivity contribution in [1.29, 1.82) is 0 Å². The van der Waals surface area contributed by atoms with E-state index in [0.29, 0.717) is 0 Å². The standard InChI is InChI=1S/C14H22N2O/c1-2-12-6-5-9-16(12)10-11-17-14-8-4-3-7-13(14)15/h3-4,7-8,12H,2,5-6,9-11,15H2,1H3. The zero-order valence-electron chi connectivity index (χ0n) is 10.6. The third-order valence-electron chi connectivity index (χ3n) is 3.53. The second kappa shape index (κ2) is 5.92. The topological polar surface area (TPSA) is 38.5 Å². The van der Waals surface area contributed by atoms with Crippen LogP contribution in [-0.4, -0.2) is 30.6 Å². The van der Waals surface area contributed by atoms with Crippen molar-refractivity contribution in [3.8, 4) is 5.75 Å². The Morgan fingerprint density at radius 1 is 1.41 bits per heavy atom. The van der Waals surface area contributed by atoms with Crippen LogP contribution in [0.3, 0.4) is 0 Å². The van der Waals surface area contributed by atoms with Crippen molar-refractivity contribution >= 4 is 5.69 Å². The van der Waals surface area contributed by atoms with Crippen LogP contribution in [0.15, 0.2) is 24.3 Å². The number of nitrogen functional groups attached to an aromatic ring is 1. The van der Waals surface area contributed by atoms with Crippen molar-refractivity contribution in [3.05, 3.63) is 24.3 Å². The summed E-state index contributed by atoms with van der Waals surface area (Å²) >= 11 is 0. The predicted octanol–water partition coefficient (Wildman–Crippen LogP) is 2.52. The fourth-order valence-electron chi connectivity index (χ4n) is 2.54. The van der Waals surface area contributed by atoms with Crippen LogP contribution in [0.2, 0.25) is 0 Å². The molecule has 3 nitrogen and oxygen atoms in total. The number of likely N-dealkylation sites (tertiary alicyclic amines) is 1. The van der Waals surface area contributed by atoms with E-state index in [0.717, 1.165) is 30.6 Å². The molecule has 1 atom stereocenters. The minimum absolute atomic E-state index is 0.723. The number of rotatable bonds is 5. The highest BCUT2D eigenvalue weighted by atomic mass is 16.5. The van der Waals surface area contributed by atoms with Crippen LogP contribution in [0.1, 0.15) is 26.2 Å². The van der Waals surface area contributed by atoms with Crippen LogP contribution in [0.4, 0.5) is 5.69 Å². The van der Waals surface area contributed by atoms with Crippen molar-refractivity contribution in [2.24, 2.45) is 0 Å². The average Bonchev–Trinajstić information content (AvgIpc) is 2.79. The molecule has 2 N–H and O–H groups in total. The molecule has 1 aromatic rings. The summed E-state index contributed by atoms with van der Waals surface area (Å²) < 4.78 is 5.72. The summed E-state index contributed by atoms with van der Waals surface area (Å²) in [6.07, 6.45) is 3.91. The molecule has 1 unspecified atom stereocenters. The van der Waals surface area contributed by atoms with E-state index >= 15 is 0 Å². The summed E-state index contributed by atoms with van der Waals surface area (Å²) in [5.74, 6) is 0.805. The predicted molar refractivity (Wildman–Crippen MR) is 71.2 cm³/mol. The highest BCUT2D eigenvalue weighted by Gasteiger charge is 2.22. The zero-order valence-corrected chi connectivity index (χ0v) is 10.6. The first kappa shape index (κ1) is 12.2. The molecule has 1 fully saturated rings. The lowest BCUT2D eigenvalue weighted by molar-refractivity contribution is 0.194. The average molecular weight is 234 g/mol. The maximum absolute atomic E-state index is 5.83. The van der Waals surface area contributed by atoms with E-state index < -0.39 is 0 Å². The van der Waals surface area contributed by atoms with Gasteiger partial charge < -0.3 is 10.5 Å². The SMILES string of the molecule is CCC1CCCN1CCOc1ccccc1N. The molecule has 1 aliphatic heterocycles. The van der Waals surface area contributed by atoms with E-state index in [1.807, 2.05) is 24.3 Å². The minimum Gasteiger partial charge on any atom is -0.490 e. The summed E-state index contributed by atoms with van der Waals surface area (Å²) in [6.45, 7) is 5.21. The van der Waals surface area contributed by atoms with Crippen molar-refractivity contribution in [3.63, 3.8) is 0 Å². The Kier molecular flexibility index (Phi) is 4.26. The minimum atomic E-state index is 0.723. The lowest BCUT2D eigenvalue weighted by atomic mass is 10.2. The maximum Gasteiger partial charge on any atom is 0.142 e. The summed E-state index contributed by atoms with van der Waals surface area (Å²) in [4.78, 5) is 2.53. The van der Waals surface area contributed by atoms with Crippen LogP contribution in [0, 0.1) is 0 Å². The lowest BCUT2D eigenvalue weighted by Gasteiger charge is -2.23. The first-order valence-electron chi connectivity index (χ1n) is 6.52. The van der Waals surface area contributed by atoms with E-state index in [1.54, 1.807) is 0 Å². The van der Waals surface area contributed by atoms with Gasteiger partial charge in [0.1, 0.15) is 12.4 Å². The lowest BCUT2D eigenvalue weighted by Crippen LogP contribution is -2.32. The molecule has 0 saturated carbocycles. The molecule has 1 aliphatic rings. The van der Waals surface area contributed by atoms with E-state index in [2.05, 4.69) is 11.8 Å². The van der Waals surface area contributed by atoms with Crippen LogP contribution in [0.5, 0.6) is 5.75 Å². The Hall–Kier alpha value is -1.22. The van der Waals surface area contributed by atoms with Gasteiger partial charge >= 0.3 is 0 Å². The molecule has 94 valence electrons. The third kappa shape index (κ3) is 3.13. The number of nitrogens with zero attached hydrogens (tertiary/aromatic N) is 1. The molecule has 0 radical (unpaired) electrons. The second-order valence-electron chi connectivity index (χ2n) is 4.63. The van der Waals surface area contributed by atoms with Crippen LogP contribution in [-0.2, 0) is 0 Å². The van der Waals surface area contributed by atoms with Crippen molar-refractivity contribution in [2.75, 3.05) is 25.4 Å². The van der Waals surface area contributed by atoms with Gasteiger partial charge in [0, 0.05) is 12.6 Å². The summed E-state index contributed by atoms with van der Waals surface area (Å²) in [7, 11) is 0. The zero-order chi connectivity index (χ0) is 12.1.